The number of aromatic nitrogens is 2. The average molecular weight is 407 g/mol. The van der Waals surface area contributed by atoms with E-state index in [4.69, 9.17) is 4.74 Å². The predicted molar refractivity (Wildman–Crippen MR) is 107 cm³/mol. The Morgan fingerprint density at radius 3 is 2.78 bits per heavy atom. The number of hydrogen-bond acceptors (Lipinski definition) is 6. The van der Waals surface area contributed by atoms with Crippen LogP contribution >= 0.6 is 23.1 Å². The second-order valence-corrected chi connectivity index (χ2v) is 7.76. The number of thiophene rings is 1. The summed E-state index contributed by atoms with van der Waals surface area (Å²) < 4.78 is 19.7. The number of rotatable bonds is 7. The fourth-order valence-corrected chi connectivity index (χ4v) is 4.28. The molecule has 0 radical (unpaired) electrons. The van der Waals surface area contributed by atoms with Gasteiger partial charge in [-0.3, -0.25) is 14.2 Å². The molecule has 0 atom stereocenters. The Kier molecular flexibility index (Phi) is 6.28. The summed E-state index contributed by atoms with van der Waals surface area (Å²) in [5, 5.41) is 2.82. The van der Waals surface area contributed by atoms with E-state index in [9.17, 15) is 14.0 Å². The molecule has 27 heavy (non-hydrogen) atoms. The van der Waals surface area contributed by atoms with Crippen LogP contribution in [0.1, 0.15) is 19.8 Å². The number of fused-ring (bicyclic) bond motifs is 1. The molecule has 0 saturated carbocycles. The summed E-state index contributed by atoms with van der Waals surface area (Å²) >= 11 is 2.54. The largest absolute Gasteiger partial charge is 0.465 e. The zero-order chi connectivity index (χ0) is 19.4. The molecule has 0 N–H and O–H groups in total. The molecule has 2 aromatic heterocycles. The van der Waals surface area contributed by atoms with E-state index in [1.54, 1.807) is 19.2 Å². The highest BCUT2D eigenvalue weighted by Crippen LogP contribution is 2.32. The van der Waals surface area contributed by atoms with Crippen LogP contribution in [0.4, 0.5) is 4.39 Å². The first-order valence-corrected chi connectivity index (χ1v) is 10.4. The smallest absolute Gasteiger partial charge is 0.316 e. The minimum Gasteiger partial charge on any atom is -0.465 e. The van der Waals surface area contributed by atoms with Crippen molar-refractivity contribution >= 4 is 39.3 Å². The number of carbonyl (C=O) groups is 1. The highest BCUT2D eigenvalue weighted by molar-refractivity contribution is 7.99. The van der Waals surface area contributed by atoms with Crippen LogP contribution in [-0.4, -0.2) is 27.9 Å². The molecule has 0 aliphatic rings. The van der Waals surface area contributed by atoms with Crippen LogP contribution in [0.2, 0.25) is 0 Å². The minimum atomic E-state index is -0.325. The lowest BCUT2D eigenvalue weighted by molar-refractivity contribution is -0.140. The molecule has 142 valence electrons. The van der Waals surface area contributed by atoms with Crippen molar-refractivity contribution in [2.45, 2.75) is 24.9 Å². The molecule has 5 nitrogen and oxygen atoms in total. The lowest BCUT2D eigenvalue weighted by Gasteiger charge is -2.08. The number of carbonyl (C=O) groups excluding carboxylic acids is 1. The van der Waals surface area contributed by atoms with E-state index in [0.29, 0.717) is 22.0 Å². The normalized spacial score (nSPS) is 11.1. The Morgan fingerprint density at radius 2 is 2.07 bits per heavy atom. The van der Waals surface area contributed by atoms with Crippen molar-refractivity contribution in [3.05, 3.63) is 45.8 Å². The van der Waals surface area contributed by atoms with Crippen LogP contribution in [0.15, 0.2) is 39.6 Å². The van der Waals surface area contributed by atoms with Crippen molar-refractivity contribution < 1.29 is 13.9 Å². The maximum absolute atomic E-state index is 13.2. The zero-order valence-electron chi connectivity index (χ0n) is 15.0. The van der Waals surface area contributed by atoms with Gasteiger partial charge in [0.2, 0.25) is 0 Å². The van der Waals surface area contributed by atoms with Crippen molar-refractivity contribution in [2.24, 2.45) is 7.05 Å². The summed E-state index contributed by atoms with van der Waals surface area (Å²) in [5.41, 5.74) is 1.31. The summed E-state index contributed by atoms with van der Waals surface area (Å²) in [5.74, 6) is -0.541. The Bertz CT molecular complexity index is 1010. The van der Waals surface area contributed by atoms with E-state index in [1.807, 2.05) is 12.3 Å². The van der Waals surface area contributed by atoms with Crippen LogP contribution in [0.3, 0.4) is 0 Å². The quantitative estimate of drug-likeness (QED) is 0.254. The van der Waals surface area contributed by atoms with Crippen LogP contribution in [0.25, 0.3) is 21.3 Å². The van der Waals surface area contributed by atoms with Crippen LogP contribution in [0.5, 0.6) is 0 Å². The van der Waals surface area contributed by atoms with E-state index >= 15 is 0 Å². The van der Waals surface area contributed by atoms with E-state index in [-0.39, 0.29) is 23.1 Å². The first-order valence-electron chi connectivity index (χ1n) is 8.53. The van der Waals surface area contributed by atoms with E-state index in [1.165, 1.54) is 39.8 Å². The molecule has 0 aliphatic carbocycles. The number of unbranched alkanes of at least 4 members (excludes halogenated alkanes) is 1. The molecule has 1 aromatic carbocycles. The van der Waals surface area contributed by atoms with E-state index < -0.39 is 0 Å². The number of esters is 1. The molecule has 0 fully saturated rings. The van der Waals surface area contributed by atoms with Gasteiger partial charge in [-0.1, -0.05) is 37.2 Å². The van der Waals surface area contributed by atoms with Crippen LogP contribution in [0, 0.1) is 5.82 Å². The molecule has 0 unspecified atom stereocenters. The SMILES string of the molecule is CCCCOC(=O)CSc1nc2scc(-c3ccc(F)cc3)c2c(=O)n1C. The van der Waals surface area contributed by atoms with Gasteiger partial charge in [0, 0.05) is 18.0 Å². The first-order chi connectivity index (χ1) is 13.0. The molecule has 0 amide bonds. The van der Waals surface area contributed by atoms with Crippen molar-refractivity contribution in [1.82, 2.24) is 9.55 Å². The van der Waals surface area contributed by atoms with Gasteiger partial charge in [-0.05, 0) is 24.1 Å². The lowest BCUT2D eigenvalue weighted by atomic mass is 10.1. The summed E-state index contributed by atoms with van der Waals surface area (Å²) in [6, 6.07) is 6.02. The summed E-state index contributed by atoms with van der Waals surface area (Å²) in [4.78, 5) is 29.8. The number of halogens is 1. The molecule has 2 heterocycles. The van der Waals surface area contributed by atoms with Gasteiger partial charge in [0.25, 0.3) is 5.56 Å². The molecule has 8 heteroatoms. The second kappa shape index (κ2) is 8.67. The lowest BCUT2D eigenvalue weighted by Crippen LogP contribution is -2.20. The highest BCUT2D eigenvalue weighted by Gasteiger charge is 2.16. The standard InChI is InChI=1S/C19H19FN2O3S2/c1-3-4-9-25-15(23)11-27-19-21-17-16(18(24)22(19)2)14(10-26-17)12-5-7-13(20)8-6-12/h5-8,10H,3-4,9,11H2,1-2H3. The molecular weight excluding hydrogens is 387 g/mol. The molecule has 0 bridgehead atoms. The fourth-order valence-electron chi connectivity index (χ4n) is 2.52. The van der Waals surface area contributed by atoms with Gasteiger partial charge in [0.1, 0.15) is 10.6 Å². The van der Waals surface area contributed by atoms with Gasteiger partial charge in [0.15, 0.2) is 5.16 Å². The van der Waals surface area contributed by atoms with Gasteiger partial charge in [-0.25, -0.2) is 9.37 Å². The maximum Gasteiger partial charge on any atom is 0.316 e. The molecular formula is C19H19FN2O3S2. The number of thioether (sulfide) groups is 1. The predicted octanol–water partition coefficient (Wildman–Crippen LogP) is 4.24. The third kappa shape index (κ3) is 4.39. The first kappa shape index (κ1) is 19.6. The van der Waals surface area contributed by atoms with Gasteiger partial charge >= 0.3 is 5.97 Å². The van der Waals surface area contributed by atoms with Crippen LogP contribution < -0.4 is 5.56 Å². The van der Waals surface area contributed by atoms with Gasteiger partial charge in [-0.15, -0.1) is 11.3 Å². The second-order valence-electron chi connectivity index (χ2n) is 5.96. The molecule has 0 spiro atoms. The Morgan fingerprint density at radius 1 is 1.33 bits per heavy atom. The van der Waals surface area contributed by atoms with Gasteiger partial charge in [0.05, 0.1) is 17.7 Å². The molecule has 3 aromatic rings. The van der Waals surface area contributed by atoms with Crippen molar-refractivity contribution in [1.29, 1.82) is 0 Å². The number of nitrogens with zero attached hydrogens (tertiary/aromatic N) is 2. The fraction of sp³-hybridized carbons (Fsp3) is 0.316. The highest BCUT2D eigenvalue weighted by atomic mass is 32.2. The summed E-state index contributed by atoms with van der Waals surface area (Å²) in [7, 11) is 1.63. The Hall–Kier alpha value is -2.19. The Labute approximate surface area is 164 Å². The summed E-state index contributed by atoms with van der Waals surface area (Å²) in [6.07, 6.45) is 1.79. The monoisotopic (exact) mass is 406 g/mol. The summed E-state index contributed by atoms with van der Waals surface area (Å²) in [6.45, 7) is 2.44. The van der Waals surface area contributed by atoms with Crippen molar-refractivity contribution in [3.8, 4) is 11.1 Å². The Balaban J connectivity index is 1.86. The van der Waals surface area contributed by atoms with Crippen LogP contribution in [-0.2, 0) is 16.6 Å². The average Bonchev–Trinajstić information content (AvgIpc) is 3.08. The number of benzene rings is 1. The van der Waals surface area contributed by atoms with Crippen molar-refractivity contribution in [3.63, 3.8) is 0 Å². The maximum atomic E-state index is 13.2. The van der Waals surface area contributed by atoms with E-state index in [0.717, 1.165) is 24.0 Å². The van der Waals surface area contributed by atoms with Gasteiger partial charge in [-0.2, -0.15) is 0 Å². The minimum absolute atomic E-state index is 0.103. The third-order valence-electron chi connectivity index (χ3n) is 4.01. The molecule has 0 aliphatic heterocycles. The van der Waals surface area contributed by atoms with Crippen molar-refractivity contribution in [2.75, 3.05) is 12.4 Å². The molecule has 3 rings (SSSR count). The van der Waals surface area contributed by atoms with Gasteiger partial charge < -0.3 is 4.74 Å². The van der Waals surface area contributed by atoms with E-state index in [2.05, 4.69) is 4.98 Å². The number of hydrogen-bond donors (Lipinski definition) is 0. The molecule has 0 saturated heterocycles. The third-order valence-corrected chi connectivity index (χ3v) is 5.89. The topological polar surface area (TPSA) is 61.2 Å². The number of ether oxygens (including phenoxy) is 1. The zero-order valence-corrected chi connectivity index (χ0v) is 16.7.